The minimum atomic E-state index is 0.109. The molecule has 0 atom stereocenters. The molecule has 0 aromatic heterocycles. The van der Waals surface area contributed by atoms with Crippen molar-refractivity contribution in [3.05, 3.63) is 0 Å². The Labute approximate surface area is 154 Å². The van der Waals surface area contributed by atoms with E-state index >= 15 is 0 Å². The SMILES string of the molecule is CCN1CCN(CCN2CCC3(CC2)CC(NC(=O)C(C)C)C3)CC1. The zero-order valence-corrected chi connectivity index (χ0v) is 16.6. The van der Waals surface area contributed by atoms with Gasteiger partial charge in [0.15, 0.2) is 0 Å². The fraction of sp³-hybridized carbons (Fsp3) is 0.950. The maximum Gasteiger partial charge on any atom is 0.222 e. The van der Waals surface area contributed by atoms with Gasteiger partial charge in [0.2, 0.25) is 5.91 Å². The minimum absolute atomic E-state index is 0.109. The maximum atomic E-state index is 11.8. The fourth-order valence-corrected chi connectivity index (χ4v) is 4.73. The number of likely N-dealkylation sites (N-methyl/N-ethyl adjacent to an activating group) is 1. The summed E-state index contributed by atoms with van der Waals surface area (Å²) in [5, 5.41) is 3.21. The Morgan fingerprint density at radius 1 is 0.960 bits per heavy atom. The van der Waals surface area contributed by atoms with Crippen LogP contribution in [0.15, 0.2) is 0 Å². The predicted octanol–water partition coefficient (Wildman–Crippen LogP) is 1.64. The van der Waals surface area contributed by atoms with Crippen molar-refractivity contribution < 1.29 is 4.79 Å². The summed E-state index contributed by atoms with van der Waals surface area (Å²) in [6.07, 6.45) is 5.06. The van der Waals surface area contributed by atoms with Crippen LogP contribution in [-0.2, 0) is 4.79 Å². The molecule has 0 radical (unpaired) electrons. The van der Waals surface area contributed by atoms with Crippen molar-refractivity contribution in [3.63, 3.8) is 0 Å². The molecule has 5 heteroatoms. The lowest BCUT2D eigenvalue weighted by atomic mass is 9.60. The predicted molar refractivity (Wildman–Crippen MR) is 103 cm³/mol. The molecule has 1 N–H and O–H groups in total. The van der Waals surface area contributed by atoms with Crippen LogP contribution in [0.2, 0.25) is 0 Å². The monoisotopic (exact) mass is 350 g/mol. The van der Waals surface area contributed by atoms with E-state index in [-0.39, 0.29) is 11.8 Å². The van der Waals surface area contributed by atoms with E-state index in [0.29, 0.717) is 11.5 Å². The third-order valence-corrected chi connectivity index (χ3v) is 6.79. The van der Waals surface area contributed by atoms with Crippen LogP contribution >= 0.6 is 0 Å². The number of amides is 1. The zero-order valence-electron chi connectivity index (χ0n) is 16.6. The second-order valence-electron chi connectivity index (χ2n) is 8.89. The molecule has 1 spiro atoms. The van der Waals surface area contributed by atoms with Gasteiger partial charge in [-0.1, -0.05) is 20.8 Å². The van der Waals surface area contributed by atoms with Crippen LogP contribution in [0.5, 0.6) is 0 Å². The van der Waals surface area contributed by atoms with Gasteiger partial charge in [-0.15, -0.1) is 0 Å². The number of carbonyl (C=O) groups is 1. The number of rotatable bonds is 6. The van der Waals surface area contributed by atoms with Crippen molar-refractivity contribution in [2.24, 2.45) is 11.3 Å². The summed E-state index contributed by atoms with van der Waals surface area (Å²) in [5.74, 6) is 0.332. The largest absolute Gasteiger partial charge is 0.353 e. The summed E-state index contributed by atoms with van der Waals surface area (Å²) in [6, 6.07) is 0.441. The molecule has 5 nitrogen and oxygen atoms in total. The molecule has 0 aromatic carbocycles. The number of piperazine rings is 1. The molecule has 1 saturated carbocycles. The van der Waals surface area contributed by atoms with Crippen molar-refractivity contribution in [2.75, 3.05) is 58.9 Å². The summed E-state index contributed by atoms with van der Waals surface area (Å²) < 4.78 is 0. The summed E-state index contributed by atoms with van der Waals surface area (Å²) in [4.78, 5) is 19.7. The Morgan fingerprint density at radius 2 is 1.48 bits per heavy atom. The summed E-state index contributed by atoms with van der Waals surface area (Å²) in [5.41, 5.74) is 0.540. The molecule has 2 heterocycles. The highest BCUT2D eigenvalue weighted by molar-refractivity contribution is 5.78. The number of piperidine rings is 1. The number of hydrogen-bond donors (Lipinski definition) is 1. The lowest BCUT2D eigenvalue weighted by Gasteiger charge is -2.52. The molecule has 3 aliphatic rings. The number of likely N-dealkylation sites (tertiary alicyclic amines) is 1. The van der Waals surface area contributed by atoms with Crippen LogP contribution in [0, 0.1) is 11.3 Å². The van der Waals surface area contributed by atoms with Crippen molar-refractivity contribution in [1.82, 2.24) is 20.0 Å². The first-order chi connectivity index (χ1) is 12.0. The number of nitrogens with zero attached hydrogens (tertiary/aromatic N) is 3. The molecule has 0 bridgehead atoms. The third-order valence-electron chi connectivity index (χ3n) is 6.79. The van der Waals surface area contributed by atoms with Gasteiger partial charge in [-0.2, -0.15) is 0 Å². The van der Waals surface area contributed by atoms with Crippen molar-refractivity contribution in [1.29, 1.82) is 0 Å². The minimum Gasteiger partial charge on any atom is -0.353 e. The molecule has 0 aromatic rings. The van der Waals surface area contributed by atoms with E-state index in [1.165, 1.54) is 84.6 Å². The quantitative estimate of drug-likeness (QED) is 0.790. The molecule has 3 fully saturated rings. The molecular formula is C20H38N4O. The van der Waals surface area contributed by atoms with E-state index in [1.807, 2.05) is 13.8 Å². The van der Waals surface area contributed by atoms with Gasteiger partial charge < -0.3 is 15.1 Å². The number of hydrogen-bond acceptors (Lipinski definition) is 4. The van der Waals surface area contributed by atoms with Crippen molar-refractivity contribution >= 4 is 5.91 Å². The summed E-state index contributed by atoms with van der Waals surface area (Å²) in [7, 11) is 0. The van der Waals surface area contributed by atoms with Crippen LogP contribution in [0.25, 0.3) is 0 Å². The van der Waals surface area contributed by atoms with Crippen LogP contribution < -0.4 is 5.32 Å². The molecule has 0 unspecified atom stereocenters. The fourth-order valence-electron chi connectivity index (χ4n) is 4.73. The van der Waals surface area contributed by atoms with E-state index in [2.05, 4.69) is 26.9 Å². The molecule has 1 amide bonds. The van der Waals surface area contributed by atoms with Crippen molar-refractivity contribution in [3.8, 4) is 0 Å². The van der Waals surface area contributed by atoms with Crippen LogP contribution in [-0.4, -0.2) is 85.6 Å². The maximum absolute atomic E-state index is 11.8. The molecule has 2 aliphatic heterocycles. The Kier molecular flexibility index (Phi) is 6.39. The van der Waals surface area contributed by atoms with Crippen LogP contribution in [0.3, 0.4) is 0 Å². The second kappa shape index (κ2) is 8.36. The van der Waals surface area contributed by atoms with Crippen LogP contribution in [0.4, 0.5) is 0 Å². The Morgan fingerprint density at radius 3 is 2.00 bits per heavy atom. The van der Waals surface area contributed by atoms with Gasteiger partial charge in [0, 0.05) is 51.2 Å². The van der Waals surface area contributed by atoms with E-state index in [9.17, 15) is 4.79 Å². The summed E-state index contributed by atoms with van der Waals surface area (Å²) in [6.45, 7) is 17.3. The van der Waals surface area contributed by atoms with Crippen LogP contribution in [0.1, 0.15) is 46.5 Å². The highest BCUT2D eigenvalue weighted by atomic mass is 16.1. The Balaban J connectivity index is 1.30. The van der Waals surface area contributed by atoms with Gasteiger partial charge in [0.1, 0.15) is 0 Å². The van der Waals surface area contributed by atoms with E-state index in [4.69, 9.17) is 0 Å². The smallest absolute Gasteiger partial charge is 0.222 e. The molecule has 144 valence electrons. The molecular weight excluding hydrogens is 312 g/mol. The average Bonchev–Trinajstić information content (AvgIpc) is 2.60. The molecule has 1 aliphatic carbocycles. The normalized spacial score (nSPS) is 26.1. The van der Waals surface area contributed by atoms with Gasteiger partial charge in [-0.25, -0.2) is 0 Å². The second-order valence-corrected chi connectivity index (χ2v) is 8.89. The third kappa shape index (κ3) is 4.95. The highest BCUT2D eigenvalue weighted by Crippen LogP contribution is 2.49. The Hall–Kier alpha value is -0.650. The van der Waals surface area contributed by atoms with Gasteiger partial charge >= 0.3 is 0 Å². The van der Waals surface area contributed by atoms with E-state index in [0.717, 1.165) is 0 Å². The van der Waals surface area contributed by atoms with Crippen molar-refractivity contribution in [2.45, 2.75) is 52.5 Å². The standard InChI is InChI=1S/C20H38N4O/c1-4-22-9-11-24(12-10-22)14-13-23-7-5-20(6-8-23)15-18(16-20)21-19(25)17(2)3/h17-18H,4-16H2,1-3H3,(H,21,25). The molecule has 3 rings (SSSR count). The van der Waals surface area contributed by atoms with E-state index in [1.54, 1.807) is 0 Å². The molecule has 25 heavy (non-hydrogen) atoms. The number of carbonyl (C=O) groups excluding carboxylic acids is 1. The summed E-state index contributed by atoms with van der Waals surface area (Å²) >= 11 is 0. The van der Waals surface area contributed by atoms with Gasteiger partial charge in [0.05, 0.1) is 0 Å². The zero-order chi connectivity index (χ0) is 17.9. The van der Waals surface area contributed by atoms with E-state index < -0.39 is 0 Å². The van der Waals surface area contributed by atoms with Gasteiger partial charge in [0.25, 0.3) is 0 Å². The first-order valence-corrected chi connectivity index (χ1v) is 10.5. The average molecular weight is 351 g/mol. The topological polar surface area (TPSA) is 38.8 Å². The lowest BCUT2D eigenvalue weighted by molar-refractivity contribution is -0.126. The lowest BCUT2D eigenvalue weighted by Crippen LogP contribution is -2.56. The van der Waals surface area contributed by atoms with Gasteiger partial charge in [-0.3, -0.25) is 9.69 Å². The molecule has 2 saturated heterocycles. The first-order valence-electron chi connectivity index (χ1n) is 10.5. The number of nitrogens with one attached hydrogen (secondary N) is 1. The highest BCUT2D eigenvalue weighted by Gasteiger charge is 2.46. The Bertz CT molecular complexity index is 429. The first kappa shape index (κ1) is 19.1. The van der Waals surface area contributed by atoms with Gasteiger partial charge in [-0.05, 0) is 50.7 Å².